The summed E-state index contributed by atoms with van der Waals surface area (Å²) in [5.74, 6) is 1.18. The molecular formula is C28H21F3N2O3. The van der Waals surface area contributed by atoms with Crippen molar-refractivity contribution in [3.8, 4) is 11.5 Å². The van der Waals surface area contributed by atoms with Crippen molar-refractivity contribution in [3.63, 3.8) is 0 Å². The van der Waals surface area contributed by atoms with Gasteiger partial charge in [0.25, 0.3) is 0 Å². The van der Waals surface area contributed by atoms with Gasteiger partial charge in [0.15, 0.2) is 17.3 Å². The number of ether oxygens (including phenoxy) is 2. The van der Waals surface area contributed by atoms with Gasteiger partial charge in [-0.2, -0.15) is 13.2 Å². The molecule has 2 aliphatic heterocycles. The van der Waals surface area contributed by atoms with Crippen LogP contribution in [0.25, 0.3) is 17.0 Å². The van der Waals surface area contributed by atoms with Crippen LogP contribution in [-0.2, 0) is 17.4 Å². The zero-order chi connectivity index (χ0) is 24.9. The van der Waals surface area contributed by atoms with E-state index in [2.05, 4.69) is 10.3 Å². The van der Waals surface area contributed by atoms with Gasteiger partial charge < -0.3 is 14.5 Å². The van der Waals surface area contributed by atoms with Gasteiger partial charge in [-0.1, -0.05) is 42.5 Å². The first kappa shape index (κ1) is 22.4. The summed E-state index contributed by atoms with van der Waals surface area (Å²) in [6, 6.07) is 17.6. The van der Waals surface area contributed by atoms with E-state index in [0.717, 1.165) is 39.9 Å². The van der Waals surface area contributed by atoms with Gasteiger partial charge >= 0.3 is 6.18 Å². The van der Waals surface area contributed by atoms with Crippen molar-refractivity contribution < 1.29 is 27.4 Å². The number of nitrogens with one attached hydrogen (secondary N) is 2. The van der Waals surface area contributed by atoms with Crippen LogP contribution in [0.4, 0.5) is 13.2 Å². The van der Waals surface area contributed by atoms with E-state index in [0.29, 0.717) is 23.5 Å². The summed E-state index contributed by atoms with van der Waals surface area (Å²) in [4.78, 5) is 16.8. The van der Waals surface area contributed by atoms with Crippen LogP contribution in [0.3, 0.4) is 0 Å². The topological polar surface area (TPSA) is 63.4 Å². The maximum absolute atomic E-state index is 13.2. The standard InChI is InChI=1S/C28H21F3N2O3/c29-28(30,31)18-9-5-16(6-10-18)7-11-23(34)22-14-20-19-3-1-2-4-21(19)32-27(20)26(33-22)17-8-12-24-25(13-17)36-15-35-24/h1-13,22,26,32-33H,14-15H2. The van der Waals surface area contributed by atoms with Crippen molar-refractivity contribution in [1.29, 1.82) is 0 Å². The van der Waals surface area contributed by atoms with Crippen LogP contribution in [0.1, 0.15) is 34.0 Å². The molecule has 3 aromatic carbocycles. The Morgan fingerprint density at radius 3 is 2.56 bits per heavy atom. The Morgan fingerprint density at radius 1 is 0.972 bits per heavy atom. The van der Waals surface area contributed by atoms with Gasteiger partial charge in [-0.15, -0.1) is 0 Å². The van der Waals surface area contributed by atoms with E-state index in [1.165, 1.54) is 18.2 Å². The van der Waals surface area contributed by atoms with E-state index in [1.54, 1.807) is 6.08 Å². The molecule has 182 valence electrons. The van der Waals surface area contributed by atoms with Gasteiger partial charge in [0.1, 0.15) is 0 Å². The van der Waals surface area contributed by atoms with Crippen molar-refractivity contribution in [3.05, 3.63) is 101 Å². The van der Waals surface area contributed by atoms with Crippen LogP contribution in [0, 0.1) is 0 Å². The van der Waals surface area contributed by atoms with Crippen molar-refractivity contribution in [2.75, 3.05) is 6.79 Å². The predicted octanol–water partition coefficient (Wildman–Crippen LogP) is 5.80. The third kappa shape index (κ3) is 4.03. The minimum atomic E-state index is -4.40. The second kappa shape index (κ2) is 8.57. The maximum Gasteiger partial charge on any atom is 0.416 e. The van der Waals surface area contributed by atoms with Gasteiger partial charge in [-0.3, -0.25) is 10.1 Å². The monoisotopic (exact) mass is 490 g/mol. The highest BCUT2D eigenvalue weighted by Crippen LogP contribution is 2.39. The number of aromatic amines is 1. The molecule has 0 bridgehead atoms. The lowest BCUT2D eigenvalue weighted by Crippen LogP contribution is -2.44. The molecule has 0 aliphatic carbocycles. The minimum absolute atomic E-state index is 0.156. The number of para-hydroxylation sites is 1. The zero-order valence-electron chi connectivity index (χ0n) is 18.9. The van der Waals surface area contributed by atoms with Crippen LogP contribution in [-0.4, -0.2) is 23.6 Å². The van der Waals surface area contributed by atoms with Crippen LogP contribution in [0.5, 0.6) is 11.5 Å². The molecule has 0 saturated heterocycles. The molecule has 3 heterocycles. The number of fused-ring (bicyclic) bond motifs is 4. The molecule has 0 spiro atoms. The minimum Gasteiger partial charge on any atom is -0.454 e. The SMILES string of the molecule is O=C(C=Cc1ccc(C(F)(F)F)cc1)C1Cc2c([nH]c3ccccc23)C(c2ccc3c(c2)OCO3)N1. The van der Waals surface area contributed by atoms with Crippen molar-refractivity contribution in [2.45, 2.75) is 24.7 Å². The molecule has 0 amide bonds. The Bertz CT molecular complexity index is 1490. The number of hydrogen-bond donors (Lipinski definition) is 2. The molecule has 4 aromatic rings. The third-order valence-electron chi connectivity index (χ3n) is 6.66. The molecule has 5 nitrogen and oxygen atoms in total. The third-order valence-corrected chi connectivity index (χ3v) is 6.66. The fraction of sp³-hybridized carbons (Fsp3) is 0.179. The predicted molar refractivity (Wildman–Crippen MR) is 129 cm³/mol. The quantitative estimate of drug-likeness (QED) is 0.355. The Labute approximate surface area is 204 Å². The van der Waals surface area contributed by atoms with Crippen molar-refractivity contribution in [1.82, 2.24) is 10.3 Å². The largest absolute Gasteiger partial charge is 0.454 e. The number of H-pyrrole nitrogens is 1. The van der Waals surface area contributed by atoms with Crippen molar-refractivity contribution in [2.24, 2.45) is 0 Å². The number of hydrogen-bond acceptors (Lipinski definition) is 4. The highest BCUT2D eigenvalue weighted by molar-refractivity contribution is 5.99. The normalized spacial score (nSPS) is 19.1. The first-order chi connectivity index (χ1) is 17.4. The summed E-state index contributed by atoms with van der Waals surface area (Å²) in [5.41, 5.74) is 3.77. The summed E-state index contributed by atoms with van der Waals surface area (Å²) in [6.07, 6.45) is -0.942. The van der Waals surface area contributed by atoms with E-state index in [4.69, 9.17) is 9.47 Å². The Hall–Kier alpha value is -4.04. The molecule has 0 saturated carbocycles. The Morgan fingerprint density at radius 2 is 1.75 bits per heavy atom. The van der Waals surface area contributed by atoms with Crippen LogP contribution in [0.2, 0.25) is 0 Å². The molecule has 8 heteroatoms. The lowest BCUT2D eigenvalue weighted by atomic mass is 9.88. The smallest absolute Gasteiger partial charge is 0.416 e. The molecule has 2 N–H and O–H groups in total. The van der Waals surface area contributed by atoms with Gasteiger partial charge in [0.05, 0.1) is 17.6 Å². The summed E-state index contributed by atoms with van der Waals surface area (Å²) in [5, 5.41) is 4.53. The fourth-order valence-electron chi connectivity index (χ4n) is 4.85. The second-order valence-electron chi connectivity index (χ2n) is 8.89. The molecule has 1 aromatic heterocycles. The molecule has 36 heavy (non-hydrogen) atoms. The average molecular weight is 490 g/mol. The number of rotatable bonds is 4. The molecule has 6 rings (SSSR count). The van der Waals surface area contributed by atoms with Gasteiger partial charge in [-0.05, 0) is 59.5 Å². The number of benzene rings is 3. The van der Waals surface area contributed by atoms with E-state index in [-0.39, 0.29) is 18.6 Å². The molecule has 2 aliphatic rings. The number of halogens is 3. The number of ketones is 1. The highest BCUT2D eigenvalue weighted by atomic mass is 19.4. The lowest BCUT2D eigenvalue weighted by Gasteiger charge is -2.30. The zero-order valence-corrected chi connectivity index (χ0v) is 18.9. The summed E-state index contributed by atoms with van der Waals surface area (Å²) in [6.45, 7) is 0.171. The molecule has 2 unspecified atom stereocenters. The maximum atomic E-state index is 13.2. The van der Waals surface area contributed by atoms with E-state index in [9.17, 15) is 18.0 Å². The van der Waals surface area contributed by atoms with Crippen LogP contribution in [0.15, 0.2) is 72.8 Å². The van der Waals surface area contributed by atoms with E-state index >= 15 is 0 Å². The lowest BCUT2D eigenvalue weighted by molar-refractivity contribution is -0.137. The molecular weight excluding hydrogens is 469 g/mol. The molecule has 0 fully saturated rings. The summed E-state index contributed by atoms with van der Waals surface area (Å²) < 4.78 is 49.5. The highest BCUT2D eigenvalue weighted by Gasteiger charge is 2.34. The molecule has 2 atom stereocenters. The first-order valence-electron chi connectivity index (χ1n) is 11.5. The van der Waals surface area contributed by atoms with Gasteiger partial charge in [0.2, 0.25) is 6.79 Å². The number of carbonyl (C=O) groups excluding carboxylic acids is 1. The van der Waals surface area contributed by atoms with Gasteiger partial charge in [0, 0.05) is 16.6 Å². The van der Waals surface area contributed by atoms with Gasteiger partial charge in [-0.25, -0.2) is 0 Å². The summed E-state index contributed by atoms with van der Waals surface area (Å²) in [7, 11) is 0. The van der Waals surface area contributed by atoms with Crippen LogP contribution >= 0.6 is 0 Å². The average Bonchev–Trinajstić information content (AvgIpc) is 3.50. The number of alkyl halides is 3. The Kier molecular flexibility index (Phi) is 5.34. The number of aromatic nitrogens is 1. The van der Waals surface area contributed by atoms with E-state index in [1.807, 2.05) is 42.5 Å². The second-order valence-corrected chi connectivity index (χ2v) is 8.89. The summed E-state index contributed by atoms with van der Waals surface area (Å²) >= 11 is 0. The molecule has 0 radical (unpaired) electrons. The number of carbonyl (C=O) groups is 1. The van der Waals surface area contributed by atoms with Crippen LogP contribution < -0.4 is 14.8 Å². The first-order valence-corrected chi connectivity index (χ1v) is 11.5. The fourth-order valence-corrected chi connectivity index (χ4v) is 4.85. The Balaban J connectivity index is 1.32. The van der Waals surface area contributed by atoms with E-state index < -0.39 is 17.8 Å². The van der Waals surface area contributed by atoms with Crippen molar-refractivity contribution >= 4 is 22.8 Å².